The summed E-state index contributed by atoms with van der Waals surface area (Å²) in [5, 5.41) is 22.4. The summed E-state index contributed by atoms with van der Waals surface area (Å²) < 4.78 is 0. The highest BCUT2D eigenvalue weighted by atomic mass is 16.3. The van der Waals surface area contributed by atoms with Crippen LogP contribution in [-0.2, 0) is 0 Å². The Bertz CT molecular complexity index is 616. The number of aliphatic hydroxyl groups excluding tert-OH is 1. The first kappa shape index (κ1) is 23.1. The molecule has 2 nitrogen and oxygen atoms in total. The third-order valence-electron chi connectivity index (χ3n) is 11.6. The van der Waals surface area contributed by atoms with Crippen molar-refractivity contribution in [1.29, 1.82) is 0 Å². The summed E-state index contributed by atoms with van der Waals surface area (Å²) in [5.74, 6) is 4.91. The van der Waals surface area contributed by atoms with E-state index in [2.05, 4.69) is 41.5 Å². The van der Waals surface area contributed by atoms with Gasteiger partial charge >= 0.3 is 0 Å². The molecular weight excluding hydrogens is 368 g/mol. The molecule has 0 aromatic heterocycles. The van der Waals surface area contributed by atoms with Gasteiger partial charge in [0.2, 0.25) is 0 Å². The normalized spacial score (nSPS) is 51.9. The van der Waals surface area contributed by atoms with Crippen LogP contribution < -0.4 is 0 Å². The highest BCUT2D eigenvalue weighted by Gasteiger charge is 2.66. The Kier molecular flexibility index (Phi) is 6.20. The first-order valence-electron chi connectivity index (χ1n) is 13.4. The maximum atomic E-state index is 11.9. The van der Waals surface area contributed by atoms with Gasteiger partial charge in [0.05, 0.1) is 11.7 Å². The van der Waals surface area contributed by atoms with E-state index in [4.69, 9.17) is 0 Å². The van der Waals surface area contributed by atoms with Crippen LogP contribution in [0.2, 0.25) is 0 Å². The molecule has 4 saturated carbocycles. The van der Waals surface area contributed by atoms with E-state index in [0.29, 0.717) is 11.3 Å². The molecule has 4 aliphatic rings. The van der Waals surface area contributed by atoms with Crippen molar-refractivity contribution in [1.82, 2.24) is 0 Å². The quantitative estimate of drug-likeness (QED) is 0.513. The topological polar surface area (TPSA) is 40.5 Å². The molecule has 2 heteroatoms. The van der Waals surface area contributed by atoms with Crippen molar-refractivity contribution in [2.24, 2.45) is 52.3 Å². The van der Waals surface area contributed by atoms with Gasteiger partial charge in [0.1, 0.15) is 0 Å². The number of fused-ring (bicyclic) bond motifs is 5. The highest BCUT2D eigenvalue weighted by molar-refractivity contribution is 5.16. The van der Waals surface area contributed by atoms with Crippen LogP contribution in [0.1, 0.15) is 112 Å². The molecule has 0 unspecified atom stereocenters. The molecule has 0 spiro atoms. The molecule has 174 valence electrons. The molecule has 4 fully saturated rings. The zero-order valence-corrected chi connectivity index (χ0v) is 20.8. The standard InChI is InChI=1S/C28H50O2/c1-18(2)8-7-9-19(3)22-10-11-23-21-12-17-28(30)20(4)25(29)14-16-27(28,6)24(21)13-15-26(22,23)5/h18-25,29-30H,7-17H2,1-6H3/t19-,20-,21+,22+,23+,24-,25-,26+,27+,28+/m0/s1. The lowest BCUT2D eigenvalue weighted by Crippen LogP contribution is -2.66. The number of aliphatic hydroxyl groups is 2. The minimum Gasteiger partial charge on any atom is -0.393 e. The van der Waals surface area contributed by atoms with Crippen LogP contribution in [0.3, 0.4) is 0 Å². The number of hydrogen-bond acceptors (Lipinski definition) is 2. The van der Waals surface area contributed by atoms with Gasteiger partial charge < -0.3 is 10.2 Å². The Balaban J connectivity index is 1.51. The molecule has 0 heterocycles. The maximum Gasteiger partial charge on any atom is 0.0753 e. The molecule has 0 amide bonds. The summed E-state index contributed by atoms with van der Waals surface area (Å²) in [7, 11) is 0. The van der Waals surface area contributed by atoms with Gasteiger partial charge in [-0.1, -0.05) is 60.8 Å². The van der Waals surface area contributed by atoms with E-state index in [9.17, 15) is 10.2 Å². The molecule has 4 aliphatic carbocycles. The van der Waals surface area contributed by atoms with Gasteiger partial charge in [0, 0.05) is 5.92 Å². The van der Waals surface area contributed by atoms with Crippen molar-refractivity contribution >= 4 is 0 Å². The minimum atomic E-state index is -0.665. The molecule has 0 aliphatic heterocycles. The van der Waals surface area contributed by atoms with Crippen molar-refractivity contribution in [3.05, 3.63) is 0 Å². The van der Waals surface area contributed by atoms with Crippen molar-refractivity contribution in [3.63, 3.8) is 0 Å². The van der Waals surface area contributed by atoms with Gasteiger partial charge in [-0.25, -0.2) is 0 Å². The van der Waals surface area contributed by atoms with Gasteiger partial charge in [-0.05, 0) is 97.7 Å². The van der Waals surface area contributed by atoms with Crippen LogP contribution in [0, 0.1) is 52.3 Å². The summed E-state index contributed by atoms with van der Waals surface area (Å²) >= 11 is 0. The Hall–Kier alpha value is -0.0800. The second-order valence-corrected chi connectivity index (χ2v) is 13.2. The monoisotopic (exact) mass is 418 g/mol. The second kappa shape index (κ2) is 8.05. The van der Waals surface area contributed by atoms with Gasteiger partial charge in [0.25, 0.3) is 0 Å². The average Bonchev–Trinajstić information content (AvgIpc) is 3.04. The highest BCUT2D eigenvalue weighted by Crippen LogP contribution is 2.69. The molecule has 2 N–H and O–H groups in total. The molecular formula is C28H50O2. The molecule has 10 atom stereocenters. The summed E-state index contributed by atoms with van der Waals surface area (Å²) in [4.78, 5) is 0. The first-order chi connectivity index (χ1) is 14.0. The zero-order valence-electron chi connectivity index (χ0n) is 20.8. The van der Waals surface area contributed by atoms with Crippen LogP contribution in [0.15, 0.2) is 0 Å². The average molecular weight is 419 g/mol. The lowest BCUT2D eigenvalue weighted by Gasteiger charge is -2.65. The third-order valence-corrected chi connectivity index (χ3v) is 11.6. The number of rotatable bonds is 5. The molecule has 0 bridgehead atoms. The minimum absolute atomic E-state index is 0.00311. The lowest BCUT2D eigenvalue weighted by molar-refractivity contribution is -0.246. The molecule has 0 radical (unpaired) electrons. The van der Waals surface area contributed by atoms with E-state index in [1.807, 2.05) is 0 Å². The van der Waals surface area contributed by atoms with Gasteiger partial charge in [-0.3, -0.25) is 0 Å². The lowest BCUT2D eigenvalue weighted by atomic mass is 9.41. The second-order valence-electron chi connectivity index (χ2n) is 13.2. The van der Waals surface area contributed by atoms with Gasteiger partial charge in [-0.2, -0.15) is 0 Å². The van der Waals surface area contributed by atoms with Crippen LogP contribution in [-0.4, -0.2) is 21.9 Å². The fourth-order valence-electron chi connectivity index (χ4n) is 9.66. The van der Waals surface area contributed by atoms with Crippen LogP contribution in [0.25, 0.3) is 0 Å². The Labute approximate surface area is 186 Å². The first-order valence-corrected chi connectivity index (χ1v) is 13.4. The van der Waals surface area contributed by atoms with Crippen molar-refractivity contribution in [2.45, 2.75) is 124 Å². The van der Waals surface area contributed by atoms with Crippen molar-refractivity contribution < 1.29 is 10.2 Å². The van der Waals surface area contributed by atoms with Crippen LogP contribution in [0.5, 0.6) is 0 Å². The maximum absolute atomic E-state index is 11.9. The predicted octanol–water partition coefficient (Wildman–Crippen LogP) is 6.83. The van der Waals surface area contributed by atoms with Crippen molar-refractivity contribution in [3.8, 4) is 0 Å². The SMILES string of the molecule is CC(C)CCC[C@H](C)[C@H]1CC[C@@H]2[C@H]3CC[C@@]4(O)[C@@H](C)[C@@H](O)CC[C@]4(C)[C@H]3CC[C@@]21C. The van der Waals surface area contributed by atoms with E-state index in [1.54, 1.807) is 0 Å². The molecule has 0 aromatic carbocycles. The van der Waals surface area contributed by atoms with Crippen LogP contribution >= 0.6 is 0 Å². The predicted molar refractivity (Wildman–Crippen MR) is 125 cm³/mol. The zero-order chi connectivity index (χ0) is 21.9. The largest absolute Gasteiger partial charge is 0.393 e. The summed E-state index contributed by atoms with van der Waals surface area (Å²) in [6.45, 7) is 14.4. The fourth-order valence-corrected chi connectivity index (χ4v) is 9.66. The Morgan fingerprint density at radius 1 is 0.867 bits per heavy atom. The Morgan fingerprint density at radius 3 is 2.30 bits per heavy atom. The number of hydrogen-bond donors (Lipinski definition) is 2. The van der Waals surface area contributed by atoms with E-state index in [-0.39, 0.29) is 17.4 Å². The Morgan fingerprint density at radius 2 is 1.60 bits per heavy atom. The summed E-state index contributed by atoms with van der Waals surface area (Å²) in [5.41, 5.74) is -0.150. The van der Waals surface area contributed by atoms with Gasteiger partial charge in [-0.15, -0.1) is 0 Å². The molecule has 30 heavy (non-hydrogen) atoms. The van der Waals surface area contributed by atoms with Gasteiger partial charge in [0.15, 0.2) is 0 Å². The van der Waals surface area contributed by atoms with Crippen molar-refractivity contribution in [2.75, 3.05) is 0 Å². The van der Waals surface area contributed by atoms with E-state index in [1.165, 1.54) is 51.4 Å². The third kappa shape index (κ3) is 3.33. The van der Waals surface area contributed by atoms with Crippen LogP contribution in [0.4, 0.5) is 0 Å². The summed E-state index contributed by atoms with van der Waals surface area (Å²) in [6, 6.07) is 0. The molecule has 0 saturated heterocycles. The molecule has 4 rings (SSSR count). The van der Waals surface area contributed by atoms with E-state index < -0.39 is 5.60 Å². The van der Waals surface area contributed by atoms with E-state index in [0.717, 1.165) is 48.9 Å². The van der Waals surface area contributed by atoms with E-state index >= 15 is 0 Å². The summed E-state index contributed by atoms with van der Waals surface area (Å²) in [6.07, 6.45) is 13.3. The molecule has 0 aromatic rings. The fraction of sp³-hybridized carbons (Fsp3) is 1.00. The smallest absolute Gasteiger partial charge is 0.0753 e.